The monoisotopic (exact) mass is 247 g/mol. The van der Waals surface area contributed by atoms with Gasteiger partial charge in [-0.3, -0.25) is 4.79 Å². The number of hydrogen-bond donors (Lipinski definition) is 0. The SMILES string of the molecule is Cc1c(C(F)(F)F)n(C)c2sccc2c1=O. The van der Waals surface area contributed by atoms with Crippen LogP contribution in [0.2, 0.25) is 0 Å². The Hall–Kier alpha value is -1.30. The van der Waals surface area contributed by atoms with Gasteiger partial charge in [0, 0.05) is 12.6 Å². The highest BCUT2D eigenvalue weighted by Crippen LogP contribution is 2.33. The smallest absolute Gasteiger partial charge is 0.331 e. The first-order valence-electron chi connectivity index (χ1n) is 4.48. The van der Waals surface area contributed by atoms with Crippen LogP contribution in [0.15, 0.2) is 16.2 Å². The van der Waals surface area contributed by atoms with Crippen molar-refractivity contribution < 1.29 is 13.2 Å². The van der Waals surface area contributed by atoms with E-state index in [4.69, 9.17) is 0 Å². The second-order valence-electron chi connectivity index (χ2n) is 3.50. The normalized spacial score (nSPS) is 12.3. The number of alkyl halides is 3. The zero-order chi connectivity index (χ0) is 12.1. The summed E-state index contributed by atoms with van der Waals surface area (Å²) in [6, 6.07) is 1.55. The summed E-state index contributed by atoms with van der Waals surface area (Å²) in [4.78, 5) is 12.1. The number of aryl methyl sites for hydroxylation is 1. The van der Waals surface area contributed by atoms with Crippen LogP contribution in [0.3, 0.4) is 0 Å². The van der Waals surface area contributed by atoms with Gasteiger partial charge in [-0.25, -0.2) is 0 Å². The fourth-order valence-electron chi connectivity index (χ4n) is 1.80. The third kappa shape index (κ3) is 1.44. The molecule has 2 heterocycles. The lowest BCUT2D eigenvalue weighted by Crippen LogP contribution is -2.22. The van der Waals surface area contributed by atoms with Gasteiger partial charge in [-0.15, -0.1) is 11.3 Å². The average Bonchev–Trinajstić information content (AvgIpc) is 2.61. The van der Waals surface area contributed by atoms with Crippen LogP contribution >= 0.6 is 11.3 Å². The zero-order valence-electron chi connectivity index (χ0n) is 8.55. The summed E-state index contributed by atoms with van der Waals surface area (Å²) in [6.07, 6.45) is -4.50. The summed E-state index contributed by atoms with van der Waals surface area (Å²) >= 11 is 1.13. The third-order valence-corrected chi connectivity index (χ3v) is 3.48. The van der Waals surface area contributed by atoms with Crippen LogP contribution in [-0.2, 0) is 13.2 Å². The number of fused-ring (bicyclic) bond motifs is 1. The first-order valence-corrected chi connectivity index (χ1v) is 5.36. The van der Waals surface area contributed by atoms with Crippen LogP contribution in [0.5, 0.6) is 0 Å². The molecule has 0 aliphatic heterocycles. The van der Waals surface area contributed by atoms with Gasteiger partial charge in [0.05, 0.1) is 5.39 Å². The molecule has 0 saturated heterocycles. The largest absolute Gasteiger partial charge is 0.431 e. The maximum absolute atomic E-state index is 12.8. The molecule has 0 saturated carbocycles. The second kappa shape index (κ2) is 3.35. The molecule has 2 rings (SSSR count). The van der Waals surface area contributed by atoms with Gasteiger partial charge in [0.2, 0.25) is 0 Å². The van der Waals surface area contributed by atoms with Crippen molar-refractivity contribution in [3.8, 4) is 0 Å². The molecule has 0 aliphatic carbocycles. The van der Waals surface area contributed by atoms with E-state index in [0.717, 1.165) is 15.9 Å². The zero-order valence-corrected chi connectivity index (χ0v) is 9.37. The molecule has 2 aromatic heterocycles. The lowest BCUT2D eigenvalue weighted by Gasteiger charge is -2.15. The Morgan fingerprint density at radius 2 is 2.00 bits per heavy atom. The Labute approximate surface area is 92.9 Å². The number of thiophene rings is 1. The molecule has 2 nitrogen and oxygen atoms in total. The highest BCUT2D eigenvalue weighted by atomic mass is 32.1. The summed E-state index contributed by atoms with van der Waals surface area (Å²) in [6.45, 7) is 1.21. The van der Waals surface area contributed by atoms with Crippen LogP contribution in [0.1, 0.15) is 11.3 Å². The molecule has 0 fully saturated rings. The van der Waals surface area contributed by atoms with Gasteiger partial charge < -0.3 is 4.57 Å². The van der Waals surface area contributed by atoms with Crippen LogP contribution < -0.4 is 5.43 Å². The van der Waals surface area contributed by atoms with Gasteiger partial charge in [0.15, 0.2) is 5.43 Å². The molecule has 2 aromatic rings. The Balaban J connectivity index is 3.00. The number of rotatable bonds is 0. The van der Waals surface area contributed by atoms with E-state index in [1.807, 2.05) is 0 Å². The minimum Gasteiger partial charge on any atom is -0.331 e. The molecule has 0 aliphatic rings. The molecule has 0 radical (unpaired) electrons. The molecule has 0 N–H and O–H groups in total. The molecule has 86 valence electrons. The van der Waals surface area contributed by atoms with Gasteiger partial charge in [0.1, 0.15) is 10.5 Å². The second-order valence-corrected chi connectivity index (χ2v) is 4.39. The number of pyridine rings is 1. The summed E-state index contributed by atoms with van der Waals surface area (Å²) in [5.74, 6) is 0. The molecule has 0 amide bonds. The van der Waals surface area contributed by atoms with Crippen LogP contribution in [0.4, 0.5) is 13.2 Å². The lowest BCUT2D eigenvalue weighted by molar-refractivity contribution is -0.143. The minimum absolute atomic E-state index is 0.249. The van der Waals surface area contributed by atoms with Crippen LogP contribution in [0, 0.1) is 6.92 Å². The molecular formula is C10H8F3NOS. The van der Waals surface area contributed by atoms with Crippen molar-refractivity contribution in [2.45, 2.75) is 13.1 Å². The third-order valence-electron chi connectivity index (χ3n) is 2.49. The van der Waals surface area contributed by atoms with Gasteiger partial charge in [0.25, 0.3) is 0 Å². The summed E-state index contributed by atoms with van der Waals surface area (Å²) < 4.78 is 39.3. The van der Waals surface area contributed by atoms with E-state index in [2.05, 4.69) is 0 Å². The lowest BCUT2D eigenvalue weighted by atomic mass is 10.1. The maximum Gasteiger partial charge on any atom is 0.431 e. The molecule has 0 bridgehead atoms. The summed E-state index contributed by atoms with van der Waals surface area (Å²) in [5, 5.41) is 1.96. The van der Waals surface area contributed by atoms with E-state index in [1.165, 1.54) is 14.0 Å². The topological polar surface area (TPSA) is 22.0 Å². The first-order chi connectivity index (χ1) is 7.34. The minimum atomic E-state index is -4.50. The fourth-order valence-corrected chi connectivity index (χ4v) is 2.67. The summed E-state index contributed by atoms with van der Waals surface area (Å²) in [5.41, 5.74) is -1.66. The van der Waals surface area contributed by atoms with E-state index >= 15 is 0 Å². The first kappa shape index (κ1) is 11.2. The molecular weight excluding hydrogens is 239 g/mol. The quantitative estimate of drug-likeness (QED) is 0.701. The van der Waals surface area contributed by atoms with E-state index in [1.54, 1.807) is 11.4 Å². The van der Waals surface area contributed by atoms with E-state index in [-0.39, 0.29) is 5.56 Å². The maximum atomic E-state index is 12.8. The van der Waals surface area contributed by atoms with Crippen LogP contribution in [-0.4, -0.2) is 4.57 Å². The Morgan fingerprint density at radius 3 is 2.56 bits per heavy atom. The van der Waals surface area contributed by atoms with E-state index < -0.39 is 17.3 Å². The van der Waals surface area contributed by atoms with Gasteiger partial charge in [-0.1, -0.05) is 0 Å². The predicted octanol–water partition coefficient (Wildman–Crippen LogP) is 2.93. The van der Waals surface area contributed by atoms with Crippen molar-refractivity contribution in [2.75, 3.05) is 0 Å². The molecule has 0 atom stereocenters. The average molecular weight is 247 g/mol. The van der Waals surface area contributed by atoms with E-state index in [9.17, 15) is 18.0 Å². The highest BCUT2D eigenvalue weighted by molar-refractivity contribution is 7.16. The molecule has 0 aromatic carbocycles. The van der Waals surface area contributed by atoms with Crippen LogP contribution in [0.25, 0.3) is 10.2 Å². The summed E-state index contributed by atoms with van der Waals surface area (Å²) in [7, 11) is 1.33. The van der Waals surface area contributed by atoms with E-state index in [0.29, 0.717) is 10.2 Å². The Kier molecular flexibility index (Phi) is 2.34. The van der Waals surface area contributed by atoms with Crippen molar-refractivity contribution in [1.29, 1.82) is 0 Å². The van der Waals surface area contributed by atoms with Crippen molar-refractivity contribution in [2.24, 2.45) is 7.05 Å². The van der Waals surface area contributed by atoms with Crippen molar-refractivity contribution in [3.63, 3.8) is 0 Å². The standard InChI is InChI=1S/C10H8F3NOS/c1-5-7(15)6-3-4-16-9(6)14(2)8(5)10(11,12)13/h3-4H,1-2H3. The Morgan fingerprint density at radius 1 is 1.38 bits per heavy atom. The van der Waals surface area contributed by atoms with Crippen molar-refractivity contribution >= 4 is 21.6 Å². The van der Waals surface area contributed by atoms with Gasteiger partial charge >= 0.3 is 6.18 Å². The van der Waals surface area contributed by atoms with Crippen molar-refractivity contribution in [1.82, 2.24) is 4.57 Å². The molecule has 6 heteroatoms. The Bertz CT molecular complexity index is 609. The number of aromatic nitrogens is 1. The number of hydrogen-bond acceptors (Lipinski definition) is 2. The molecule has 0 unspecified atom stereocenters. The fraction of sp³-hybridized carbons (Fsp3) is 0.300. The van der Waals surface area contributed by atoms with Gasteiger partial charge in [-0.05, 0) is 18.4 Å². The highest BCUT2D eigenvalue weighted by Gasteiger charge is 2.36. The van der Waals surface area contributed by atoms with Crippen molar-refractivity contribution in [3.05, 3.63) is 32.9 Å². The molecule has 16 heavy (non-hydrogen) atoms. The van der Waals surface area contributed by atoms with Gasteiger partial charge in [-0.2, -0.15) is 13.2 Å². The number of nitrogens with zero attached hydrogens (tertiary/aromatic N) is 1. The predicted molar refractivity (Wildman–Crippen MR) is 56.8 cm³/mol. The number of halogens is 3. The molecule has 0 spiro atoms.